The average molecular weight is 200 g/mol. The van der Waals surface area contributed by atoms with E-state index >= 15 is 0 Å². The minimum atomic E-state index is 0.0812. The fraction of sp³-hybridized carbons (Fsp3) is 0.222. The van der Waals surface area contributed by atoms with Gasteiger partial charge in [-0.2, -0.15) is 0 Å². The Balaban J connectivity index is 2.81. The first-order chi connectivity index (χ1) is 6.24. The summed E-state index contributed by atoms with van der Waals surface area (Å²) in [5, 5.41) is 18.1. The summed E-state index contributed by atoms with van der Waals surface area (Å²) in [5.74, 6) is 0.0820. The van der Waals surface area contributed by atoms with Crippen molar-refractivity contribution in [2.24, 2.45) is 0 Å². The lowest BCUT2D eigenvalue weighted by atomic mass is 10.3. The number of aromatic hydroxyl groups is 1. The van der Waals surface area contributed by atoms with Crippen molar-refractivity contribution in [3.8, 4) is 5.75 Å². The van der Waals surface area contributed by atoms with E-state index in [2.05, 4.69) is 4.98 Å². The fourth-order valence-electron chi connectivity index (χ4n) is 0.835. The highest BCUT2D eigenvalue weighted by atomic mass is 35.5. The molecule has 0 bridgehead atoms. The largest absolute Gasteiger partial charge is 0.506 e. The molecule has 0 aliphatic carbocycles. The van der Waals surface area contributed by atoms with E-state index in [4.69, 9.17) is 16.7 Å². The second kappa shape index (κ2) is 4.84. The summed E-state index contributed by atoms with van der Waals surface area (Å²) in [4.78, 5) is 3.89. The van der Waals surface area contributed by atoms with Crippen LogP contribution in [0.1, 0.15) is 12.1 Å². The van der Waals surface area contributed by atoms with Crippen LogP contribution in [0.15, 0.2) is 18.2 Å². The molecule has 0 unspecified atom stereocenters. The molecule has 13 heavy (non-hydrogen) atoms. The predicted octanol–water partition coefficient (Wildman–Crippen LogP) is 1.84. The zero-order valence-corrected chi connectivity index (χ0v) is 7.70. The van der Waals surface area contributed by atoms with Crippen LogP contribution in [0.2, 0.25) is 5.15 Å². The van der Waals surface area contributed by atoms with E-state index in [1.54, 1.807) is 12.2 Å². The van der Waals surface area contributed by atoms with Crippen LogP contribution in [0.3, 0.4) is 0 Å². The maximum absolute atomic E-state index is 9.30. The molecule has 0 spiro atoms. The van der Waals surface area contributed by atoms with Crippen molar-refractivity contribution in [2.75, 3.05) is 6.61 Å². The highest BCUT2D eigenvalue weighted by Gasteiger charge is 1.98. The maximum Gasteiger partial charge on any atom is 0.141 e. The normalized spacial score (nSPS) is 10.9. The predicted molar refractivity (Wildman–Crippen MR) is 51.6 cm³/mol. The number of hydrogen-bond donors (Lipinski definition) is 2. The Morgan fingerprint density at radius 2 is 2.23 bits per heavy atom. The van der Waals surface area contributed by atoms with E-state index in [0.29, 0.717) is 17.3 Å². The van der Waals surface area contributed by atoms with Gasteiger partial charge in [-0.15, -0.1) is 0 Å². The van der Waals surface area contributed by atoms with Crippen molar-refractivity contribution in [3.63, 3.8) is 0 Å². The van der Waals surface area contributed by atoms with Gasteiger partial charge in [0.2, 0.25) is 0 Å². The van der Waals surface area contributed by atoms with Crippen LogP contribution in [0.4, 0.5) is 0 Å². The molecule has 0 atom stereocenters. The summed E-state index contributed by atoms with van der Waals surface area (Å²) >= 11 is 5.62. The first-order valence-electron chi connectivity index (χ1n) is 3.87. The number of rotatable bonds is 3. The van der Waals surface area contributed by atoms with Gasteiger partial charge in [0.15, 0.2) is 0 Å². The van der Waals surface area contributed by atoms with Gasteiger partial charge >= 0.3 is 0 Å². The van der Waals surface area contributed by atoms with Crippen molar-refractivity contribution in [1.82, 2.24) is 4.98 Å². The molecule has 70 valence electrons. The third kappa shape index (κ3) is 3.05. The molecule has 0 radical (unpaired) electrons. The van der Waals surface area contributed by atoms with Crippen LogP contribution < -0.4 is 0 Å². The van der Waals surface area contributed by atoms with Gasteiger partial charge in [0.05, 0.1) is 0 Å². The lowest BCUT2D eigenvalue weighted by molar-refractivity contribution is 0.303. The van der Waals surface area contributed by atoms with Crippen LogP contribution >= 0.6 is 11.6 Å². The van der Waals surface area contributed by atoms with E-state index in [0.717, 1.165) is 0 Å². The molecule has 0 aromatic carbocycles. The molecule has 1 aromatic heterocycles. The summed E-state index contributed by atoms with van der Waals surface area (Å²) < 4.78 is 0. The third-order valence-electron chi connectivity index (χ3n) is 1.44. The highest BCUT2D eigenvalue weighted by Crippen LogP contribution is 2.18. The Kier molecular flexibility index (Phi) is 3.73. The van der Waals surface area contributed by atoms with Gasteiger partial charge in [0.25, 0.3) is 0 Å². The molecule has 4 heteroatoms. The Hall–Kier alpha value is -1.06. The number of pyridine rings is 1. The van der Waals surface area contributed by atoms with Crippen LogP contribution in [0, 0.1) is 0 Å². The summed E-state index contributed by atoms with van der Waals surface area (Å²) in [6.07, 6.45) is 3.88. The van der Waals surface area contributed by atoms with Crippen LogP contribution in [-0.2, 0) is 0 Å². The lowest BCUT2D eigenvalue weighted by Gasteiger charge is -1.97. The molecule has 1 aromatic rings. The first kappa shape index (κ1) is 10.0. The summed E-state index contributed by atoms with van der Waals surface area (Å²) in [5.41, 5.74) is 0.418. The zero-order chi connectivity index (χ0) is 9.68. The second-order valence-corrected chi connectivity index (χ2v) is 2.84. The minimum absolute atomic E-state index is 0.0812. The Morgan fingerprint density at radius 1 is 1.46 bits per heavy atom. The molecule has 0 aliphatic rings. The standard InChI is InChI=1S/C9H10ClNO2/c10-9-5-4-8(13)7(11-9)3-1-2-6-12/h1,3-5,12-13H,2,6H2. The SMILES string of the molecule is OCCC=Cc1nc(Cl)ccc1O. The van der Waals surface area contributed by atoms with Gasteiger partial charge in [0, 0.05) is 6.61 Å². The van der Waals surface area contributed by atoms with Gasteiger partial charge in [-0.1, -0.05) is 17.7 Å². The molecule has 0 aliphatic heterocycles. The fourth-order valence-corrected chi connectivity index (χ4v) is 0.989. The van der Waals surface area contributed by atoms with Crippen LogP contribution in [0.25, 0.3) is 6.08 Å². The smallest absolute Gasteiger partial charge is 0.141 e. The zero-order valence-electron chi connectivity index (χ0n) is 6.94. The van der Waals surface area contributed by atoms with Crippen molar-refractivity contribution < 1.29 is 10.2 Å². The quantitative estimate of drug-likeness (QED) is 0.731. The maximum atomic E-state index is 9.30. The van der Waals surface area contributed by atoms with E-state index < -0.39 is 0 Å². The molecule has 0 saturated heterocycles. The topological polar surface area (TPSA) is 53.4 Å². The molecule has 1 heterocycles. The molecule has 0 fully saturated rings. The molecule has 1 rings (SSSR count). The second-order valence-electron chi connectivity index (χ2n) is 2.45. The molecule has 2 N–H and O–H groups in total. The summed E-state index contributed by atoms with van der Waals surface area (Å²) in [6, 6.07) is 2.99. The summed E-state index contributed by atoms with van der Waals surface area (Å²) in [6.45, 7) is 0.0812. The van der Waals surface area contributed by atoms with E-state index in [1.165, 1.54) is 12.1 Å². The number of nitrogens with zero attached hydrogens (tertiary/aromatic N) is 1. The van der Waals surface area contributed by atoms with Gasteiger partial charge in [-0.05, 0) is 24.6 Å². The Morgan fingerprint density at radius 3 is 2.92 bits per heavy atom. The van der Waals surface area contributed by atoms with E-state index in [1.807, 2.05) is 0 Å². The van der Waals surface area contributed by atoms with E-state index in [-0.39, 0.29) is 12.4 Å². The minimum Gasteiger partial charge on any atom is -0.506 e. The number of halogens is 1. The van der Waals surface area contributed by atoms with Gasteiger partial charge in [-0.25, -0.2) is 4.98 Å². The van der Waals surface area contributed by atoms with Crippen LogP contribution in [-0.4, -0.2) is 21.8 Å². The molecule has 0 amide bonds. The average Bonchev–Trinajstić information content (AvgIpc) is 2.11. The van der Waals surface area contributed by atoms with E-state index in [9.17, 15) is 5.11 Å². The van der Waals surface area contributed by atoms with Gasteiger partial charge in [0.1, 0.15) is 16.6 Å². The lowest BCUT2D eigenvalue weighted by Crippen LogP contribution is -1.83. The van der Waals surface area contributed by atoms with Crippen molar-refractivity contribution >= 4 is 17.7 Å². The number of hydrogen-bond acceptors (Lipinski definition) is 3. The number of aromatic nitrogens is 1. The van der Waals surface area contributed by atoms with Gasteiger partial charge in [-0.3, -0.25) is 0 Å². The molecule has 0 saturated carbocycles. The molecule has 3 nitrogen and oxygen atoms in total. The number of aliphatic hydroxyl groups excluding tert-OH is 1. The highest BCUT2D eigenvalue weighted by molar-refractivity contribution is 6.29. The Labute approximate surface area is 81.3 Å². The van der Waals surface area contributed by atoms with Crippen molar-refractivity contribution in [3.05, 3.63) is 29.1 Å². The van der Waals surface area contributed by atoms with Gasteiger partial charge < -0.3 is 10.2 Å². The summed E-state index contributed by atoms with van der Waals surface area (Å²) in [7, 11) is 0. The first-order valence-corrected chi connectivity index (χ1v) is 4.24. The van der Waals surface area contributed by atoms with Crippen molar-refractivity contribution in [1.29, 1.82) is 0 Å². The Bertz CT molecular complexity index is 312. The monoisotopic (exact) mass is 199 g/mol. The molecular formula is C9H10ClNO2. The molecular weight excluding hydrogens is 190 g/mol. The van der Waals surface area contributed by atoms with Crippen molar-refractivity contribution in [2.45, 2.75) is 6.42 Å². The number of aliphatic hydroxyl groups is 1. The van der Waals surface area contributed by atoms with Crippen LogP contribution in [0.5, 0.6) is 5.75 Å². The third-order valence-corrected chi connectivity index (χ3v) is 1.65.